The highest BCUT2D eigenvalue weighted by Crippen LogP contribution is 2.23. The van der Waals surface area contributed by atoms with Crippen LogP contribution in [0.1, 0.15) is 38.2 Å². The van der Waals surface area contributed by atoms with Gasteiger partial charge < -0.3 is 10.4 Å². The van der Waals surface area contributed by atoms with E-state index in [0.717, 1.165) is 19.5 Å². The SMILES string of the molecule is CCN[C@@H](CCO)[C@@H]1CCCCN1Cc1ccccc1. The molecule has 1 aromatic carbocycles. The Labute approximate surface area is 123 Å². The van der Waals surface area contributed by atoms with E-state index in [1.165, 1.54) is 31.4 Å². The molecule has 0 aromatic heterocycles. The van der Waals surface area contributed by atoms with Crippen LogP contribution < -0.4 is 5.32 Å². The fourth-order valence-electron chi connectivity index (χ4n) is 3.32. The molecule has 3 heteroatoms. The Morgan fingerprint density at radius 2 is 2.10 bits per heavy atom. The Morgan fingerprint density at radius 3 is 2.80 bits per heavy atom. The summed E-state index contributed by atoms with van der Waals surface area (Å²) in [5.41, 5.74) is 1.39. The summed E-state index contributed by atoms with van der Waals surface area (Å²) in [6.45, 7) is 5.59. The summed E-state index contributed by atoms with van der Waals surface area (Å²) in [5, 5.41) is 12.9. The molecule has 0 aliphatic carbocycles. The minimum atomic E-state index is 0.271. The molecule has 3 nitrogen and oxygen atoms in total. The van der Waals surface area contributed by atoms with Crippen LogP contribution in [0.15, 0.2) is 30.3 Å². The summed E-state index contributed by atoms with van der Waals surface area (Å²) in [6.07, 6.45) is 4.69. The third kappa shape index (κ3) is 4.30. The summed E-state index contributed by atoms with van der Waals surface area (Å²) in [6, 6.07) is 11.7. The standard InChI is InChI=1S/C17H28N2O/c1-2-18-16(11-13-20)17-10-6-7-12-19(17)14-15-8-4-3-5-9-15/h3-5,8-9,16-18,20H,2,6-7,10-14H2,1H3/t16-,17-/m0/s1. The zero-order valence-corrected chi connectivity index (χ0v) is 12.6. The van der Waals surface area contributed by atoms with E-state index in [1.54, 1.807) is 0 Å². The Kier molecular flexibility index (Phi) is 6.51. The fourth-order valence-corrected chi connectivity index (χ4v) is 3.32. The molecule has 1 aliphatic heterocycles. The van der Waals surface area contributed by atoms with Crippen LogP contribution in [-0.2, 0) is 6.54 Å². The second kappa shape index (κ2) is 8.40. The molecule has 1 heterocycles. The van der Waals surface area contributed by atoms with Crippen molar-refractivity contribution in [1.29, 1.82) is 0 Å². The number of aliphatic hydroxyl groups is 1. The van der Waals surface area contributed by atoms with Crippen LogP contribution in [0.25, 0.3) is 0 Å². The molecule has 1 fully saturated rings. The number of likely N-dealkylation sites (tertiary alicyclic amines) is 1. The van der Waals surface area contributed by atoms with Crippen molar-refractivity contribution >= 4 is 0 Å². The molecule has 1 saturated heterocycles. The third-order valence-electron chi connectivity index (χ3n) is 4.26. The number of hydrogen-bond donors (Lipinski definition) is 2. The van der Waals surface area contributed by atoms with Gasteiger partial charge in [0.25, 0.3) is 0 Å². The number of likely N-dealkylation sites (N-methyl/N-ethyl adjacent to an activating group) is 1. The summed E-state index contributed by atoms with van der Waals surface area (Å²) in [7, 11) is 0. The molecule has 0 radical (unpaired) electrons. The van der Waals surface area contributed by atoms with E-state index in [9.17, 15) is 5.11 Å². The van der Waals surface area contributed by atoms with Crippen LogP contribution in [0.3, 0.4) is 0 Å². The molecule has 0 spiro atoms. The van der Waals surface area contributed by atoms with E-state index in [1.807, 2.05) is 0 Å². The molecule has 2 N–H and O–H groups in total. The third-order valence-corrected chi connectivity index (χ3v) is 4.26. The van der Waals surface area contributed by atoms with Gasteiger partial charge in [-0.15, -0.1) is 0 Å². The van der Waals surface area contributed by atoms with Crippen molar-refractivity contribution in [2.75, 3.05) is 19.7 Å². The quantitative estimate of drug-likeness (QED) is 0.803. The first-order valence-corrected chi connectivity index (χ1v) is 7.97. The first-order chi connectivity index (χ1) is 9.85. The van der Waals surface area contributed by atoms with Gasteiger partial charge in [0, 0.05) is 25.2 Å². The molecule has 20 heavy (non-hydrogen) atoms. The van der Waals surface area contributed by atoms with E-state index in [2.05, 4.69) is 47.5 Å². The molecule has 0 amide bonds. The zero-order chi connectivity index (χ0) is 14.2. The fraction of sp³-hybridized carbons (Fsp3) is 0.647. The highest BCUT2D eigenvalue weighted by atomic mass is 16.3. The van der Waals surface area contributed by atoms with Crippen molar-refractivity contribution in [3.8, 4) is 0 Å². The van der Waals surface area contributed by atoms with Crippen LogP contribution >= 0.6 is 0 Å². The largest absolute Gasteiger partial charge is 0.396 e. The summed E-state index contributed by atoms with van der Waals surface area (Å²) < 4.78 is 0. The first kappa shape index (κ1) is 15.5. The van der Waals surface area contributed by atoms with Crippen molar-refractivity contribution in [2.45, 2.75) is 51.2 Å². The maximum atomic E-state index is 9.31. The molecule has 0 bridgehead atoms. The van der Waals surface area contributed by atoms with Crippen LogP contribution in [0.4, 0.5) is 0 Å². The minimum absolute atomic E-state index is 0.271. The number of aliphatic hydroxyl groups excluding tert-OH is 1. The lowest BCUT2D eigenvalue weighted by molar-refractivity contribution is 0.0955. The van der Waals surface area contributed by atoms with E-state index < -0.39 is 0 Å². The van der Waals surface area contributed by atoms with Gasteiger partial charge in [0.15, 0.2) is 0 Å². The predicted octanol–water partition coefficient (Wildman–Crippen LogP) is 2.40. The smallest absolute Gasteiger partial charge is 0.0446 e. The van der Waals surface area contributed by atoms with Crippen LogP contribution in [0.2, 0.25) is 0 Å². The van der Waals surface area contributed by atoms with Crippen molar-refractivity contribution in [3.63, 3.8) is 0 Å². The maximum Gasteiger partial charge on any atom is 0.0446 e. The summed E-state index contributed by atoms with van der Waals surface area (Å²) in [4.78, 5) is 2.60. The highest BCUT2D eigenvalue weighted by Gasteiger charge is 2.28. The van der Waals surface area contributed by atoms with Crippen molar-refractivity contribution in [3.05, 3.63) is 35.9 Å². The van der Waals surface area contributed by atoms with Gasteiger partial charge in [0.2, 0.25) is 0 Å². The normalized spacial score (nSPS) is 21.8. The van der Waals surface area contributed by atoms with Gasteiger partial charge >= 0.3 is 0 Å². The van der Waals surface area contributed by atoms with E-state index in [4.69, 9.17) is 0 Å². The van der Waals surface area contributed by atoms with Crippen molar-refractivity contribution < 1.29 is 5.11 Å². The first-order valence-electron chi connectivity index (χ1n) is 7.97. The van der Waals surface area contributed by atoms with Gasteiger partial charge in [-0.3, -0.25) is 4.90 Å². The summed E-state index contributed by atoms with van der Waals surface area (Å²) >= 11 is 0. The Balaban J connectivity index is 2.03. The topological polar surface area (TPSA) is 35.5 Å². The Bertz CT molecular complexity index is 363. The zero-order valence-electron chi connectivity index (χ0n) is 12.6. The van der Waals surface area contributed by atoms with Gasteiger partial charge in [-0.1, -0.05) is 43.7 Å². The molecular weight excluding hydrogens is 248 g/mol. The average molecular weight is 276 g/mol. The molecule has 0 saturated carbocycles. The molecule has 112 valence electrons. The number of piperidine rings is 1. The van der Waals surface area contributed by atoms with Crippen LogP contribution in [-0.4, -0.2) is 41.8 Å². The number of hydrogen-bond acceptors (Lipinski definition) is 3. The highest BCUT2D eigenvalue weighted by molar-refractivity contribution is 5.14. The molecular formula is C17H28N2O. The van der Waals surface area contributed by atoms with Crippen molar-refractivity contribution in [2.24, 2.45) is 0 Å². The Morgan fingerprint density at radius 1 is 1.30 bits per heavy atom. The van der Waals surface area contributed by atoms with E-state index >= 15 is 0 Å². The second-order valence-corrected chi connectivity index (χ2v) is 5.70. The number of nitrogens with one attached hydrogen (secondary N) is 1. The van der Waals surface area contributed by atoms with E-state index in [0.29, 0.717) is 12.1 Å². The lowest BCUT2D eigenvalue weighted by Crippen LogP contribution is -2.52. The predicted molar refractivity (Wildman–Crippen MR) is 83.7 cm³/mol. The lowest BCUT2D eigenvalue weighted by Gasteiger charge is -2.40. The molecule has 1 aliphatic rings. The maximum absolute atomic E-state index is 9.31. The van der Waals surface area contributed by atoms with Gasteiger partial charge in [-0.2, -0.15) is 0 Å². The van der Waals surface area contributed by atoms with Gasteiger partial charge in [-0.25, -0.2) is 0 Å². The Hall–Kier alpha value is -0.900. The second-order valence-electron chi connectivity index (χ2n) is 5.70. The van der Waals surface area contributed by atoms with Crippen LogP contribution in [0.5, 0.6) is 0 Å². The monoisotopic (exact) mass is 276 g/mol. The van der Waals surface area contributed by atoms with Gasteiger partial charge in [0.05, 0.1) is 0 Å². The number of rotatable bonds is 7. The minimum Gasteiger partial charge on any atom is -0.396 e. The van der Waals surface area contributed by atoms with E-state index in [-0.39, 0.29) is 6.61 Å². The number of benzene rings is 1. The van der Waals surface area contributed by atoms with Gasteiger partial charge in [0.1, 0.15) is 0 Å². The lowest BCUT2D eigenvalue weighted by atomic mass is 9.93. The number of nitrogens with zero attached hydrogens (tertiary/aromatic N) is 1. The molecule has 1 aromatic rings. The molecule has 2 rings (SSSR count). The van der Waals surface area contributed by atoms with Gasteiger partial charge in [-0.05, 0) is 37.9 Å². The van der Waals surface area contributed by atoms with Crippen LogP contribution in [0, 0.1) is 0 Å². The average Bonchev–Trinajstić information content (AvgIpc) is 2.49. The van der Waals surface area contributed by atoms with Crippen molar-refractivity contribution in [1.82, 2.24) is 10.2 Å². The molecule has 0 unspecified atom stereocenters. The molecule has 2 atom stereocenters. The summed E-state index contributed by atoms with van der Waals surface area (Å²) in [5.74, 6) is 0.